The van der Waals surface area contributed by atoms with Crippen LogP contribution in [-0.4, -0.2) is 57.2 Å². The lowest BCUT2D eigenvalue weighted by Gasteiger charge is -2.43. The van der Waals surface area contributed by atoms with Gasteiger partial charge < -0.3 is 15.1 Å². The average molecular weight is 363 g/mol. The van der Waals surface area contributed by atoms with Gasteiger partial charge in [0.25, 0.3) is 5.60 Å². The topological polar surface area (TPSA) is 85.2 Å². The molecule has 12 heteroatoms. The minimum atomic E-state index is -6.03. The largest absolute Gasteiger partial charge is 0.465 e. The van der Waals surface area contributed by atoms with Crippen LogP contribution in [0, 0.1) is 0 Å². The summed E-state index contributed by atoms with van der Waals surface area (Å²) in [5.41, 5.74) is -7.64. The standard InChI is InChI=1S/C12H15F6N3O3/c1-9(2,3)21-5-6(4-19-7(21)20-8(22)23)10(24,11(13,14)15)12(16,17)18/h4,24H,5H2,1-3H3,(H,19,20)(H,22,23). The SMILES string of the molecule is CC(C)(C)N1CC(C(O)(C(F)(F)F)C(F)(F)F)=CN=C1NC(=O)O. The average Bonchev–Trinajstić information content (AvgIpc) is 2.33. The first-order chi connectivity index (χ1) is 10.5. The van der Waals surface area contributed by atoms with E-state index in [1.165, 1.54) is 20.8 Å². The highest BCUT2D eigenvalue weighted by molar-refractivity contribution is 5.94. The van der Waals surface area contributed by atoms with Gasteiger partial charge >= 0.3 is 18.4 Å². The molecule has 0 spiro atoms. The second kappa shape index (κ2) is 5.83. The summed E-state index contributed by atoms with van der Waals surface area (Å²) in [6, 6.07) is 0. The molecular weight excluding hydrogens is 348 g/mol. The Bertz CT molecular complexity index is 560. The number of hydrogen-bond donors (Lipinski definition) is 3. The van der Waals surface area contributed by atoms with Gasteiger partial charge in [-0.15, -0.1) is 0 Å². The van der Waals surface area contributed by atoms with Crippen LogP contribution in [0.1, 0.15) is 20.8 Å². The number of nitrogens with zero attached hydrogens (tertiary/aromatic N) is 2. The van der Waals surface area contributed by atoms with E-state index >= 15 is 0 Å². The summed E-state index contributed by atoms with van der Waals surface area (Å²) in [6.07, 6.45) is -13.5. The fourth-order valence-electron chi connectivity index (χ4n) is 1.98. The Balaban J connectivity index is 3.46. The predicted octanol–water partition coefficient (Wildman–Crippen LogP) is 2.46. The van der Waals surface area contributed by atoms with Crippen molar-refractivity contribution in [1.82, 2.24) is 10.2 Å². The van der Waals surface area contributed by atoms with Gasteiger partial charge in [-0.2, -0.15) is 26.3 Å². The highest BCUT2D eigenvalue weighted by Crippen LogP contribution is 2.48. The lowest BCUT2D eigenvalue weighted by molar-refractivity contribution is -0.353. The fraction of sp³-hybridized carbons (Fsp3) is 0.667. The van der Waals surface area contributed by atoms with E-state index in [-0.39, 0.29) is 6.20 Å². The van der Waals surface area contributed by atoms with Gasteiger partial charge in [-0.05, 0) is 20.8 Å². The number of carboxylic acid groups (broad SMARTS) is 1. The van der Waals surface area contributed by atoms with Crippen molar-refractivity contribution in [1.29, 1.82) is 0 Å². The van der Waals surface area contributed by atoms with Crippen molar-refractivity contribution in [2.45, 2.75) is 44.3 Å². The lowest BCUT2D eigenvalue weighted by Crippen LogP contribution is -2.63. The first-order valence-corrected chi connectivity index (χ1v) is 6.42. The maximum absolute atomic E-state index is 12.9. The van der Waals surface area contributed by atoms with E-state index in [9.17, 15) is 36.2 Å². The number of carbonyl (C=O) groups is 1. The number of hydrogen-bond acceptors (Lipinski definition) is 4. The Morgan fingerprint density at radius 2 is 1.62 bits per heavy atom. The van der Waals surface area contributed by atoms with Crippen LogP contribution >= 0.6 is 0 Å². The minimum absolute atomic E-state index is 0.175. The molecule has 0 unspecified atom stereocenters. The highest BCUT2D eigenvalue weighted by Gasteiger charge is 2.72. The van der Waals surface area contributed by atoms with E-state index in [1.807, 2.05) is 0 Å². The van der Waals surface area contributed by atoms with E-state index in [2.05, 4.69) is 4.99 Å². The van der Waals surface area contributed by atoms with Gasteiger partial charge in [-0.1, -0.05) is 0 Å². The molecular formula is C12H15F6N3O3. The third-order valence-electron chi connectivity index (χ3n) is 3.24. The van der Waals surface area contributed by atoms with Gasteiger partial charge in [0.15, 0.2) is 0 Å². The number of amides is 1. The van der Waals surface area contributed by atoms with E-state index in [0.717, 1.165) is 4.90 Å². The lowest BCUT2D eigenvalue weighted by atomic mass is 9.90. The Morgan fingerprint density at radius 3 is 1.96 bits per heavy atom. The number of nitrogens with one attached hydrogen (secondary N) is 1. The molecule has 0 saturated heterocycles. The van der Waals surface area contributed by atoms with Crippen LogP contribution in [0.3, 0.4) is 0 Å². The molecule has 0 bridgehead atoms. The van der Waals surface area contributed by atoms with Crippen LogP contribution in [0.4, 0.5) is 31.1 Å². The van der Waals surface area contributed by atoms with Gasteiger partial charge in [0.05, 0.1) is 0 Å². The van der Waals surface area contributed by atoms with Crippen molar-refractivity contribution in [2.75, 3.05) is 6.54 Å². The molecule has 0 aromatic rings. The summed E-state index contributed by atoms with van der Waals surface area (Å²) in [4.78, 5) is 14.9. The Morgan fingerprint density at radius 1 is 1.17 bits per heavy atom. The summed E-state index contributed by atoms with van der Waals surface area (Å²) >= 11 is 0. The molecule has 0 fully saturated rings. The van der Waals surface area contributed by atoms with Crippen LogP contribution in [0.25, 0.3) is 0 Å². The molecule has 1 rings (SSSR count). The van der Waals surface area contributed by atoms with Crippen molar-refractivity contribution in [3.8, 4) is 0 Å². The molecule has 0 saturated carbocycles. The van der Waals surface area contributed by atoms with Crippen molar-refractivity contribution in [3.05, 3.63) is 11.8 Å². The van der Waals surface area contributed by atoms with Crippen molar-refractivity contribution in [2.24, 2.45) is 4.99 Å². The van der Waals surface area contributed by atoms with Crippen molar-refractivity contribution >= 4 is 12.1 Å². The molecule has 138 valence electrons. The van der Waals surface area contributed by atoms with Crippen LogP contribution in [0.5, 0.6) is 0 Å². The highest BCUT2D eigenvalue weighted by atomic mass is 19.4. The number of aliphatic imine (C=N–C) groups is 1. The number of alkyl halides is 6. The summed E-state index contributed by atoms with van der Waals surface area (Å²) < 4.78 is 77.6. The summed E-state index contributed by atoms with van der Waals surface area (Å²) in [5.74, 6) is -0.453. The van der Waals surface area contributed by atoms with Gasteiger partial charge in [-0.25, -0.2) is 9.79 Å². The third kappa shape index (κ3) is 3.57. The van der Waals surface area contributed by atoms with Crippen LogP contribution in [0.15, 0.2) is 16.8 Å². The monoisotopic (exact) mass is 363 g/mol. The normalized spacial score (nSPS) is 17.3. The zero-order valence-corrected chi connectivity index (χ0v) is 12.7. The van der Waals surface area contributed by atoms with E-state index in [4.69, 9.17) is 5.11 Å². The molecule has 1 heterocycles. The molecule has 0 atom stereocenters. The maximum Gasteiger partial charge on any atom is 0.430 e. The van der Waals surface area contributed by atoms with Gasteiger partial charge in [0.1, 0.15) is 0 Å². The first-order valence-electron chi connectivity index (χ1n) is 6.42. The van der Waals surface area contributed by atoms with Crippen molar-refractivity contribution in [3.63, 3.8) is 0 Å². The molecule has 0 aromatic heterocycles. The molecule has 1 aliphatic rings. The second-order valence-corrected chi connectivity index (χ2v) is 6.00. The summed E-state index contributed by atoms with van der Waals surface area (Å²) in [7, 11) is 0. The van der Waals surface area contributed by atoms with Crippen molar-refractivity contribution < 1.29 is 41.4 Å². The zero-order valence-electron chi connectivity index (χ0n) is 12.7. The number of aliphatic hydroxyl groups is 1. The van der Waals surface area contributed by atoms with E-state index in [0.29, 0.717) is 0 Å². The Hall–Kier alpha value is -1.98. The first kappa shape index (κ1) is 20.1. The fourth-order valence-corrected chi connectivity index (χ4v) is 1.98. The predicted molar refractivity (Wildman–Crippen MR) is 70.2 cm³/mol. The minimum Gasteiger partial charge on any atom is -0.465 e. The van der Waals surface area contributed by atoms with Crippen LogP contribution in [-0.2, 0) is 0 Å². The molecule has 0 aliphatic carbocycles. The van der Waals surface area contributed by atoms with Crippen LogP contribution in [0.2, 0.25) is 0 Å². The third-order valence-corrected chi connectivity index (χ3v) is 3.24. The smallest absolute Gasteiger partial charge is 0.430 e. The van der Waals surface area contributed by atoms with E-state index in [1.54, 1.807) is 5.32 Å². The zero-order chi connectivity index (χ0) is 19.1. The quantitative estimate of drug-likeness (QED) is 0.625. The summed E-state index contributed by atoms with van der Waals surface area (Å²) in [6.45, 7) is 3.25. The molecule has 24 heavy (non-hydrogen) atoms. The molecule has 1 amide bonds. The molecule has 0 radical (unpaired) electrons. The number of rotatable bonds is 1. The maximum atomic E-state index is 12.9. The second-order valence-electron chi connectivity index (χ2n) is 6.00. The van der Waals surface area contributed by atoms with E-state index < -0.39 is 47.7 Å². The number of halogens is 6. The van der Waals surface area contributed by atoms with Gasteiger partial charge in [-0.3, -0.25) is 5.32 Å². The van der Waals surface area contributed by atoms with Gasteiger partial charge in [0, 0.05) is 23.9 Å². The number of guanidine groups is 1. The molecule has 3 N–H and O–H groups in total. The molecule has 6 nitrogen and oxygen atoms in total. The Labute approximate surface area is 132 Å². The van der Waals surface area contributed by atoms with Gasteiger partial charge in [0.2, 0.25) is 5.96 Å². The molecule has 0 aromatic carbocycles. The Kier molecular flexibility index (Phi) is 4.87. The summed E-state index contributed by atoms with van der Waals surface area (Å²) in [5, 5.41) is 19.9. The molecule has 1 aliphatic heterocycles. The van der Waals surface area contributed by atoms with Crippen LogP contribution < -0.4 is 5.32 Å².